The SMILES string of the molecule is CN(CCC(N)=S)C(=O)CN1CCC(C)(O)C1. The molecule has 1 fully saturated rings. The van der Waals surface area contributed by atoms with Gasteiger partial charge in [-0.1, -0.05) is 12.2 Å². The van der Waals surface area contributed by atoms with Crippen molar-refractivity contribution in [3.05, 3.63) is 0 Å². The van der Waals surface area contributed by atoms with E-state index in [1.165, 1.54) is 0 Å². The molecule has 1 saturated heterocycles. The monoisotopic (exact) mass is 259 g/mol. The van der Waals surface area contributed by atoms with Gasteiger partial charge in [0.15, 0.2) is 0 Å². The van der Waals surface area contributed by atoms with Crippen LogP contribution >= 0.6 is 12.2 Å². The van der Waals surface area contributed by atoms with Crippen molar-refractivity contribution in [1.29, 1.82) is 0 Å². The van der Waals surface area contributed by atoms with Gasteiger partial charge in [-0.3, -0.25) is 9.69 Å². The smallest absolute Gasteiger partial charge is 0.236 e. The number of amides is 1. The molecular formula is C11H21N3O2S. The van der Waals surface area contributed by atoms with Gasteiger partial charge in [-0.15, -0.1) is 0 Å². The molecule has 0 radical (unpaired) electrons. The lowest BCUT2D eigenvalue weighted by Crippen LogP contribution is -2.40. The highest BCUT2D eigenvalue weighted by Gasteiger charge is 2.32. The minimum atomic E-state index is -0.655. The fourth-order valence-electron chi connectivity index (χ4n) is 1.89. The van der Waals surface area contributed by atoms with E-state index >= 15 is 0 Å². The predicted octanol–water partition coefficient (Wildman–Crippen LogP) is -0.422. The van der Waals surface area contributed by atoms with E-state index in [4.69, 9.17) is 18.0 Å². The average Bonchev–Trinajstić information content (AvgIpc) is 2.54. The largest absolute Gasteiger partial charge is 0.393 e. The Morgan fingerprint density at radius 1 is 1.65 bits per heavy atom. The van der Waals surface area contributed by atoms with Gasteiger partial charge in [-0.25, -0.2) is 0 Å². The van der Waals surface area contributed by atoms with E-state index in [-0.39, 0.29) is 5.91 Å². The zero-order valence-electron chi connectivity index (χ0n) is 10.5. The van der Waals surface area contributed by atoms with E-state index in [1.54, 1.807) is 18.9 Å². The molecule has 0 aromatic carbocycles. The molecule has 0 aromatic heterocycles. The molecular weight excluding hydrogens is 238 g/mol. The number of likely N-dealkylation sites (N-methyl/N-ethyl adjacent to an activating group) is 1. The number of rotatable bonds is 5. The molecule has 1 aliphatic rings. The van der Waals surface area contributed by atoms with Gasteiger partial charge in [0.25, 0.3) is 0 Å². The summed E-state index contributed by atoms with van der Waals surface area (Å²) in [4.78, 5) is 15.9. The molecule has 1 rings (SSSR count). The first-order chi connectivity index (χ1) is 7.80. The number of aliphatic hydroxyl groups is 1. The summed E-state index contributed by atoms with van der Waals surface area (Å²) in [6.07, 6.45) is 1.27. The summed E-state index contributed by atoms with van der Waals surface area (Å²) in [7, 11) is 1.74. The van der Waals surface area contributed by atoms with Gasteiger partial charge in [0.1, 0.15) is 0 Å². The molecule has 1 unspecified atom stereocenters. The lowest BCUT2D eigenvalue weighted by atomic mass is 10.1. The van der Waals surface area contributed by atoms with Crippen LogP contribution in [0.3, 0.4) is 0 Å². The molecule has 98 valence electrons. The van der Waals surface area contributed by atoms with E-state index in [0.29, 0.717) is 31.0 Å². The van der Waals surface area contributed by atoms with Crippen molar-refractivity contribution in [2.75, 3.05) is 33.2 Å². The van der Waals surface area contributed by atoms with Crippen LogP contribution in [0.5, 0.6) is 0 Å². The number of β-amino-alcohol motifs (C(OH)–C–C–N with tert-alkyl or cyclic N) is 1. The van der Waals surface area contributed by atoms with Crippen molar-refractivity contribution in [2.24, 2.45) is 5.73 Å². The molecule has 0 aromatic rings. The summed E-state index contributed by atoms with van der Waals surface area (Å²) in [6.45, 7) is 4.03. The van der Waals surface area contributed by atoms with Crippen LogP contribution in [0.4, 0.5) is 0 Å². The second-order valence-electron chi connectivity index (χ2n) is 4.99. The Hall–Kier alpha value is -0.720. The summed E-state index contributed by atoms with van der Waals surface area (Å²) in [5, 5.41) is 9.79. The number of likely N-dealkylation sites (tertiary alicyclic amines) is 1. The maximum Gasteiger partial charge on any atom is 0.236 e. The van der Waals surface area contributed by atoms with E-state index in [0.717, 1.165) is 13.0 Å². The topological polar surface area (TPSA) is 69.8 Å². The Labute approximate surface area is 108 Å². The van der Waals surface area contributed by atoms with Gasteiger partial charge in [-0.05, 0) is 13.3 Å². The van der Waals surface area contributed by atoms with Crippen LogP contribution in [-0.4, -0.2) is 64.6 Å². The second-order valence-corrected chi connectivity index (χ2v) is 5.51. The summed E-state index contributed by atoms with van der Waals surface area (Å²) in [5.74, 6) is 0.0407. The Morgan fingerprint density at radius 2 is 2.29 bits per heavy atom. The Morgan fingerprint density at radius 3 is 2.76 bits per heavy atom. The highest BCUT2D eigenvalue weighted by atomic mass is 32.1. The maximum absolute atomic E-state index is 11.8. The van der Waals surface area contributed by atoms with Gasteiger partial charge in [-0.2, -0.15) is 0 Å². The molecule has 17 heavy (non-hydrogen) atoms. The molecule has 1 atom stereocenters. The number of nitrogens with zero attached hydrogens (tertiary/aromatic N) is 2. The zero-order chi connectivity index (χ0) is 13.1. The van der Waals surface area contributed by atoms with Crippen LogP contribution in [-0.2, 0) is 4.79 Å². The Kier molecular flexibility index (Phi) is 4.85. The number of nitrogens with two attached hydrogens (primary N) is 1. The highest BCUT2D eigenvalue weighted by molar-refractivity contribution is 7.80. The van der Waals surface area contributed by atoms with Crippen LogP contribution in [0, 0.1) is 0 Å². The highest BCUT2D eigenvalue weighted by Crippen LogP contribution is 2.19. The first kappa shape index (κ1) is 14.3. The average molecular weight is 259 g/mol. The van der Waals surface area contributed by atoms with E-state index < -0.39 is 5.60 Å². The quantitative estimate of drug-likeness (QED) is 0.656. The van der Waals surface area contributed by atoms with Crippen molar-refractivity contribution < 1.29 is 9.90 Å². The van der Waals surface area contributed by atoms with Crippen molar-refractivity contribution in [3.8, 4) is 0 Å². The summed E-state index contributed by atoms with van der Waals surface area (Å²) >= 11 is 4.77. The molecule has 3 N–H and O–H groups in total. The number of carbonyl (C=O) groups excluding carboxylic acids is 1. The van der Waals surface area contributed by atoms with E-state index in [2.05, 4.69) is 0 Å². The molecule has 0 aliphatic carbocycles. The zero-order valence-corrected chi connectivity index (χ0v) is 11.3. The summed E-state index contributed by atoms with van der Waals surface area (Å²) in [5.41, 5.74) is 4.73. The fourth-order valence-corrected chi connectivity index (χ4v) is 1.98. The van der Waals surface area contributed by atoms with Gasteiger partial charge >= 0.3 is 0 Å². The molecule has 5 nitrogen and oxygen atoms in total. The molecule has 1 heterocycles. The Balaban J connectivity index is 2.32. The lowest BCUT2D eigenvalue weighted by Gasteiger charge is -2.22. The molecule has 1 aliphatic heterocycles. The maximum atomic E-state index is 11.8. The third kappa shape index (κ3) is 4.97. The van der Waals surface area contributed by atoms with Crippen LogP contribution in [0.1, 0.15) is 19.8 Å². The Bertz CT molecular complexity index is 307. The third-order valence-electron chi connectivity index (χ3n) is 3.01. The predicted molar refractivity (Wildman–Crippen MR) is 70.7 cm³/mol. The fraction of sp³-hybridized carbons (Fsp3) is 0.818. The molecule has 1 amide bonds. The van der Waals surface area contributed by atoms with E-state index in [1.807, 2.05) is 4.90 Å². The first-order valence-electron chi connectivity index (χ1n) is 5.77. The third-order valence-corrected chi connectivity index (χ3v) is 3.21. The minimum Gasteiger partial charge on any atom is -0.393 e. The van der Waals surface area contributed by atoms with Crippen LogP contribution in [0.25, 0.3) is 0 Å². The van der Waals surface area contributed by atoms with Crippen molar-refractivity contribution >= 4 is 23.1 Å². The molecule has 6 heteroatoms. The lowest BCUT2D eigenvalue weighted by molar-refractivity contribution is -0.130. The summed E-state index contributed by atoms with van der Waals surface area (Å²) < 4.78 is 0. The van der Waals surface area contributed by atoms with Crippen LogP contribution < -0.4 is 5.73 Å². The van der Waals surface area contributed by atoms with Gasteiger partial charge in [0.2, 0.25) is 5.91 Å². The van der Waals surface area contributed by atoms with Crippen LogP contribution in [0.2, 0.25) is 0 Å². The summed E-state index contributed by atoms with van der Waals surface area (Å²) in [6, 6.07) is 0. The second kappa shape index (κ2) is 5.75. The number of hydrogen-bond donors (Lipinski definition) is 2. The molecule has 0 spiro atoms. The minimum absolute atomic E-state index is 0.0407. The van der Waals surface area contributed by atoms with Gasteiger partial charge in [0, 0.05) is 33.1 Å². The number of thiocarbonyl (C=S) groups is 1. The molecule has 0 saturated carbocycles. The van der Waals surface area contributed by atoms with Crippen molar-refractivity contribution in [1.82, 2.24) is 9.80 Å². The van der Waals surface area contributed by atoms with E-state index in [9.17, 15) is 9.90 Å². The normalized spacial score (nSPS) is 24.9. The standard InChI is InChI=1S/C11H21N3O2S/c1-11(16)4-6-14(8-11)7-10(15)13(2)5-3-9(12)17/h16H,3-8H2,1-2H3,(H2,12,17). The number of hydrogen-bond acceptors (Lipinski definition) is 4. The first-order valence-corrected chi connectivity index (χ1v) is 6.18. The van der Waals surface area contributed by atoms with Gasteiger partial charge < -0.3 is 15.7 Å². The van der Waals surface area contributed by atoms with Gasteiger partial charge in [0.05, 0.1) is 17.1 Å². The molecule has 0 bridgehead atoms. The van der Waals surface area contributed by atoms with Crippen molar-refractivity contribution in [2.45, 2.75) is 25.4 Å². The number of carbonyl (C=O) groups is 1. The van der Waals surface area contributed by atoms with Crippen LogP contribution in [0.15, 0.2) is 0 Å². The van der Waals surface area contributed by atoms with Crippen molar-refractivity contribution in [3.63, 3.8) is 0 Å².